The maximum Gasteiger partial charge on any atom is 0.226 e. The Bertz CT molecular complexity index is 710. The van der Waals surface area contributed by atoms with Crippen LogP contribution >= 0.6 is 0 Å². The molecule has 0 aliphatic heterocycles. The fourth-order valence-corrected chi connectivity index (χ4v) is 3.23. The molecule has 1 fully saturated rings. The lowest BCUT2D eigenvalue weighted by Crippen LogP contribution is -2.26. The predicted octanol–water partition coefficient (Wildman–Crippen LogP) is 4.33. The van der Waals surface area contributed by atoms with Crippen molar-refractivity contribution in [3.05, 3.63) is 24.5 Å². The molecule has 2 aromatic rings. The van der Waals surface area contributed by atoms with Gasteiger partial charge in [0.25, 0.3) is 0 Å². The third kappa shape index (κ3) is 4.62. The highest BCUT2D eigenvalue weighted by Gasteiger charge is 2.19. The van der Waals surface area contributed by atoms with Gasteiger partial charge in [-0.3, -0.25) is 0 Å². The Hall–Kier alpha value is -2.37. The third-order valence-corrected chi connectivity index (χ3v) is 4.70. The number of methoxy groups -OCH3 is 1. The smallest absolute Gasteiger partial charge is 0.226 e. The summed E-state index contributed by atoms with van der Waals surface area (Å²) in [5.41, 5.74) is 1.72. The fraction of sp³-hybridized carbons (Fsp3) is 0.550. The lowest BCUT2D eigenvalue weighted by Gasteiger charge is -2.27. The van der Waals surface area contributed by atoms with Gasteiger partial charge < -0.3 is 14.8 Å². The minimum Gasteiger partial charge on any atom is -0.480 e. The Morgan fingerprint density at radius 1 is 1.08 bits per heavy atom. The first-order valence-corrected chi connectivity index (χ1v) is 9.35. The highest BCUT2D eigenvalue weighted by Crippen LogP contribution is 2.30. The molecule has 1 saturated carbocycles. The molecule has 0 unspecified atom stereocenters. The summed E-state index contributed by atoms with van der Waals surface area (Å²) in [5.74, 6) is 2.60. The van der Waals surface area contributed by atoms with Crippen molar-refractivity contribution in [3.8, 4) is 22.9 Å². The second-order valence-corrected chi connectivity index (χ2v) is 7.27. The van der Waals surface area contributed by atoms with E-state index in [0.29, 0.717) is 23.8 Å². The van der Waals surface area contributed by atoms with Gasteiger partial charge in [-0.15, -0.1) is 0 Å². The Balaban J connectivity index is 1.74. The van der Waals surface area contributed by atoms with Crippen molar-refractivity contribution >= 4 is 5.95 Å². The van der Waals surface area contributed by atoms with Crippen LogP contribution in [0.5, 0.6) is 11.8 Å². The molecule has 1 aliphatic rings. The number of hydrogen-bond acceptors (Lipinski definition) is 6. The average molecular weight is 356 g/mol. The van der Waals surface area contributed by atoms with Crippen LogP contribution in [0.15, 0.2) is 24.5 Å². The number of pyridine rings is 1. The Morgan fingerprint density at radius 3 is 2.46 bits per heavy atom. The molecule has 0 atom stereocenters. The zero-order valence-electron chi connectivity index (χ0n) is 16.0. The van der Waals surface area contributed by atoms with E-state index >= 15 is 0 Å². The van der Waals surface area contributed by atoms with E-state index in [-0.39, 0.29) is 6.10 Å². The van der Waals surface area contributed by atoms with Crippen LogP contribution in [0, 0.1) is 5.92 Å². The Kier molecular flexibility index (Phi) is 5.91. The van der Waals surface area contributed by atoms with Gasteiger partial charge in [0.15, 0.2) is 0 Å². The molecule has 0 saturated heterocycles. The average Bonchev–Trinajstić information content (AvgIpc) is 2.64. The number of ether oxygens (including phenoxy) is 2. The number of nitrogens with zero attached hydrogens (tertiary/aromatic N) is 3. The summed E-state index contributed by atoms with van der Waals surface area (Å²) >= 11 is 0. The summed E-state index contributed by atoms with van der Waals surface area (Å²) in [5, 5.41) is 3.45. The summed E-state index contributed by atoms with van der Waals surface area (Å²) in [6.45, 7) is 6.27. The summed E-state index contributed by atoms with van der Waals surface area (Å²) in [7, 11) is 1.63. The molecule has 1 N–H and O–H groups in total. The molecular formula is C20H28N4O2. The van der Waals surface area contributed by atoms with Crippen molar-refractivity contribution in [2.75, 3.05) is 12.4 Å². The van der Waals surface area contributed by atoms with Crippen LogP contribution < -0.4 is 14.8 Å². The molecule has 0 radical (unpaired) electrons. The Morgan fingerprint density at radius 2 is 1.85 bits per heavy atom. The SMILES string of the molecule is COc1nc(N[C@H]2CC[C@H](C)CC2)ncc1-c1ccc(OC(C)C)nc1. The van der Waals surface area contributed by atoms with E-state index in [2.05, 4.69) is 27.2 Å². The van der Waals surface area contributed by atoms with Gasteiger partial charge in [0.1, 0.15) is 0 Å². The molecule has 6 heteroatoms. The van der Waals surface area contributed by atoms with Crippen molar-refractivity contribution in [2.24, 2.45) is 5.92 Å². The van der Waals surface area contributed by atoms with Crippen LogP contribution in [-0.2, 0) is 0 Å². The zero-order valence-corrected chi connectivity index (χ0v) is 16.0. The van der Waals surface area contributed by atoms with Crippen molar-refractivity contribution in [2.45, 2.75) is 58.6 Å². The van der Waals surface area contributed by atoms with Gasteiger partial charge in [-0.2, -0.15) is 4.98 Å². The molecule has 2 aromatic heterocycles. The molecule has 1 aliphatic carbocycles. The van der Waals surface area contributed by atoms with E-state index in [1.807, 2.05) is 26.0 Å². The maximum atomic E-state index is 5.59. The van der Waals surface area contributed by atoms with Crippen LogP contribution in [0.4, 0.5) is 5.95 Å². The normalized spacial score (nSPS) is 20.0. The lowest BCUT2D eigenvalue weighted by atomic mass is 9.87. The van der Waals surface area contributed by atoms with Crippen LogP contribution in [-0.4, -0.2) is 34.2 Å². The second kappa shape index (κ2) is 8.34. The zero-order chi connectivity index (χ0) is 18.5. The van der Waals surface area contributed by atoms with Gasteiger partial charge in [-0.25, -0.2) is 9.97 Å². The van der Waals surface area contributed by atoms with Crippen molar-refractivity contribution < 1.29 is 9.47 Å². The van der Waals surface area contributed by atoms with Gasteiger partial charge in [0.2, 0.25) is 17.7 Å². The molecule has 6 nitrogen and oxygen atoms in total. The summed E-state index contributed by atoms with van der Waals surface area (Å²) in [6.07, 6.45) is 8.48. The van der Waals surface area contributed by atoms with Gasteiger partial charge in [0, 0.05) is 30.1 Å². The van der Waals surface area contributed by atoms with E-state index in [1.54, 1.807) is 19.5 Å². The summed E-state index contributed by atoms with van der Waals surface area (Å²) in [6, 6.07) is 4.24. The van der Waals surface area contributed by atoms with Gasteiger partial charge in [0.05, 0.1) is 18.8 Å². The monoisotopic (exact) mass is 356 g/mol. The molecule has 0 amide bonds. The summed E-state index contributed by atoms with van der Waals surface area (Å²) < 4.78 is 11.1. The maximum absolute atomic E-state index is 5.59. The van der Waals surface area contributed by atoms with E-state index in [4.69, 9.17) is 9.47 Å². The van der Waals surface area contributed by atoms with Crippen molar-refractivity contribution in [1.29, 1.82) is 0 Å². The highest BCUT2D eigenvalue weighted by molar-refractivity contribution is 5.67. The first kappa shape index (κ1) is 18.4. The minimum absolute atomic E-state index is 0.0966. The number of aromatic nitrogens is 3. The minimum atomic E-state index is 0.0966. The number of rotatable bonds is 6. The predicted molar refractivity (Wildman–Crippen MR) is 103 cm³/mol. The van der Waals surface area contributed by atoms with E-state index in [9.17, 15) is 0 Å². The van der Waals surface area contributed by atoms with Crippen LogP contribution in [0.3, 0.4) is 0 Å². The first-order chi connectivity index (χ1) is 12.5. The fourth-order valence-electron chi connectivity index (χ4n) is 3.23. The molecule has 0 bridgehead atoms. The van der Waals surface area contributed by atoms with E-state index in [0.717, 1.165) is 29.9 Å². The quantitative estimate of drug-likeness (QED) is 0.831. The van der Waals surface area contributed by atoms with Crippen molar-refractivity contribution in [1.82, 2.24) is 15.0 Å². The van der Waals surface area contributed by atoms with E-state index in [1.165, 1.54) is 12.8 Å². The van der Waals surface area contributed by atoms with Gasteiger partial charge in [-0.1, -0.05) is 6.92 Å². The van der Waals surface area contributed by atoms with Crippen molar-refractivity contribution in [3.63, 3.8) is 0 Å². The second-order valence-electron chi connectivity index (χ2n) is 7.27. The Labute approximate surface area is 155 Å². The molecule has 26 heavy (non-hydrogen) atoms. The molecule has 2 heterocycles. The number of anilines is 1. The standard InChI is InChI=1S/C20H28N4O2/c1-13(2)26-18-10-7-15(11-21-18)17-12-22-20(24-19(17)25-4)23-16-8-5-14(3)6-9-16/h7,10-14,16H,5-6,8-9H2,1-4H3,(H,22,23,24)/t14-,16-. The van der Waals surface area contributed by atoms with Gasteiger partial charge in [-0.05, 0) is 51.5 Å². The molecule has 3 rings (SSSR count). The molecule has 0 aromatic carbocycles. The first-order valence-electron chi connectivity index (χ1n) is 9.35. The molecule has 0 spiro atoms. The van der Waals surface area contributed by atoms with Crippen LogP contribution in [0.25, 0.3) is 11.1 Å². The van der Waals surface area contributed by atoms with Crippen LogP contribution in [0.2, 0.25) is 0 Å². The largest absolute Gasteiger partial charge is 0.480 e. The number of hydrogen-bond donors (Lipinski definition) is 1. The summed E-state index contributed by atoms with van der Waals surface area (Å²) in [4.78, 5) is 13.4. The highest BCUT2D eigenvalue weighted by atomic mass is 16.5. The topological polar surface area (TPSA) is 69.2 Å². The molecular weight excluding hydrogens is 328 g/mol. The van der Waals surface area contributed by atoms with Gasteiger partial charge >= 0.3 is 0 Å². The van der Waals surface area contributed by atoms with E-state index < -0.39 is 0 Å². The third-order valence-electron chi connectivity index (χ3n) is 4.70. The number of nitrogens with one attached hydrogen (secondary N) is 1. The lowest BCUT2D eigenvalue weighted by molar-refractivity contribution is 0.232. The van der Waals surface area contributed by atoms with Crippen LogP contribution in [0.1, 0.15) is 46.5 Å². The molecule has 140 valence electrons.